The standard InChI is InChI=1S/C11H16BrNO3S/c1-15-8(5-6-17-2)7-13-11(14)9-3-4-10(12)16-9/h3-4,8H,5-7H2,1-2H3,(H,13,14). The molecule has 17 heavy (non-hydrogen) atoms. The molecule has 1 aromatic heterocycles. The number of thioether (sulfide) groups is 1. The molecule has 0 aliphatic carbocycles. The lowest BCUT2D eigenvalue weighted by Crippen LogP contribution is -2.33. The van der Waals surface area contributed by atoms with Crippen molar-refractivity contribution in [3.05, 3.63) is 22.6 Å². The summed E-state index contributed by atoms with van der Waals surface area (Å²) in [7, 11) is 1.65. The zero-order valence-electron chi connectivity index (χ0n) is 9.86. The van der Waals surface area contributed by atoms with Gasteiger partial charge in [0.1, 0.15) is 0 Å². The minimum Gasteiger partial charge on any atom is -0.444 e. The number of ether oxygens (including phenoxy) is 1. The molecule has 0 aromatic carbocycles. The van der Waals surface area contributed by atoms with Gasteiger partial charge in [-0.3, -0.25) is 4.79 Å². The van der Waals surface area contributed by atoms with Gasteiger partial charge >= 0.3 is 0 Å². The van der Waals surface area contributed by atoms with E-state index in [2.05, 4.69) is 21.2 Å². The monoisotopic (exact) mass is 321 g/mol. The number of rotatable bonds is 7. The number of carbonyl (C=O) groups is 1. The molecule has 1 aromatic rings. The number of furan rings is 1. The van der Waals surface area contributed by atoms with Crippen LogP contribution in [-0.4, -0.2) is 37.7 Å². The predicted octanol–water partition coefficient (Wildman–Crippen LogP) is 2.54. The van der Waals surface area contributed by atoms with E-state index in [4.69, 9.17) is 9.15 Å². The summed E-state index contributed by atoms with van der Waals surface area (Å²) in [4.78, 5) is 11.7. The Balaban J connectivity index is 2.36. The first-order valence-corrected chi connectivity index (χ1v) is 7.41. The molecular formula is C11H16BrNO3S. The van der Waals surface area contributed by atoms with Crippen molar-refractivity contribution in [3.8, 4) is 0 Å². The number of carbonyl (C=O) groups excluding carboxylic acids is 1. The van der Waals surface area contributed by atoms with Gasteiger partial charge in [-0.05, 0) is 46.5 Å². The fourth-order valence-electron chi connectivity index (χ4n) is 1.28. The van der Waals surface area contributed by atoms with Crippen LogP contribution < -0.4 is 5.32 Å². The Kier molecular flexibility index (Phi) is 6.69. The van der Waals surface area contributed by atoms with Crippen molar-refractivity contribution < 1.29 is 13.9 Å². The van der Waals surface area contributed by atoms with Crippen molar-refractivity contribution in [3.63, 3.8) is 0 Å². The molecule has 0 saturated carbocycles. The largest absolute Gasteiger partial charge is 0.444 e. The topological polar surface area (TPSA) is 51.5 Å². The van der Waals surface area contributed by atoms with E-state index in [1.807, 2.05) is 6.26 Å². The maximum atomic E-state index is 11.7. The Morgan fingerprint density at radius 2 is 2.41 bits per heavy atom. The molecule has 6 heteroatoms. The molecule has 0 aliphatic heterocycles. The Bertz CT molecular complexity index is 356. The molecule has 0 spiro atoms. The first kappa shape index (κ1) is 14.6. The summed E-state index contributed by atoms with van der Waals surface area (Å²) in [6.07, 6.45) is 3.01. The SMILES string of the molecule is COC(CCSC)CNC(=O)c1ccc(Br)o1. The van der Waals surface area contributed by atoms with Gasteiger partial charge in [0.25, 0.3) is 5.91 Å². The molecule has 4 nitrogen and oxygen atoms in total. The second-order valence-electron chi connectivity index (χ2n) is 3.45. The first-order valence-electron chi connectivity index (χ1n) is 5.22. The van der Waals surface area contributed by atoms with E-state index >= 15 is 0 Å². The Labute approximate surface area is 114 Å². The third kappa shape index (κ3) is 5.14. The molecule has 1 amide bonds. The molecule has 0 aliphatic rings. The Morgan fingerprint density at radius 1 is 1.65 bits per heavy atom. The Hall–Kier alpha value is -0.460. The zero-order chi connectivity index (χ0) is 12.7. The highest BCUT2D eigenvalue weighted by Gasteiger charge is 2.13. The molecule has 1 heterocycles. The molecular weight excluding hydrogens is 306 g/mol. The maximum absolute atomic E-state index is 11.7. The van der Waals surface area contributed by atoms with Gasteiger partial charge in [0.05, 0.1) is 6.10 Å². The molecule has 1 N–H and O–H groups in total. The average molecular weight is 322 g/mol. The molecule has 96 valence electrons. The van der Waals surface area contributed by atoms with Gasteiger partial charge in [-0.2, -0.15) is 11.8 Å². The summed E-state index contributed by atoms with van der Waals surface area (Å²) in [6.45, 7) is 0.494. The van der Waals surface area contributed by atoms with Gasteiger partial charge in [0, 0.05) is 13.7 Å². The number of methoxy groups -OCH3 is 1. The van der Waals surface area contributed by atoms with Crippen LogP contribution in [0.5, 0.6) is 0 Å². The summed E-state index contributed by atoms with van der Waals surface area (Å²) in [5, 5.41) is 2.78. The van der Waals surface area contributed by atoms with Crippen LogP contribution in [0.15, 0.2) is 21.2 Å². The molecule has 1 rings (SSSR count). The lowest BCUT2D eigenvalue weighted by Gasteiger charge is -2.14. The number of amides is 1. The van der Waals surface area contributed by atoms with Crippen molar-refractivity contribution in [2.75, 3.05) is 25.7 Å². The third-order valence-electron chi connectivity index (χ3n) is 2.26. The molecule has 1 unspecified atom stereocenters. The highest BCUT2D eigenvalue weighted by Crippen LogP contribution is 2.13. The summed E-state index contributed by atoms with van der Waals surface area (Å²) in [5.41, 5.74) is 0. The number of hydrogen-bond acceptors (Lipinski definition) is 4. The molecule has 0 fully saturated rings. The van der Waals surface area contributed by atoms with E-state index in [1.165, 1.54) is 0 Å². The second kappa shape index (κ2) is 7.79. The molecule has 1 atom stereocenters. The van der Waals surface area contributed by atoms with Crippen molar-refractivity contribution >= 4 is 33.6 Å². The van der Waals surface area contributed by atoms with E-state index in [1.54, 1.807) is 31.0 Å². The molecule has 0 bridgehead atoms. The zero-order valence-corrected chi connectivity index (χ0v) is 12.3. The van der Waals surface area contributed by atoms with Crippen LogP contribution in [0.4, 0.5) is 0 Å². The van der Waals surface area contributed by atoms with Crippen LogP contribution in [-0.2, 0) is 4.74 Å². The number of hydrogen-bond donors (Lipinski definition) is 1. The Morgan fingerprint density at radius 3 is 2.94 bits per heavy atom. The fourth-order valence-corrected chi connectivity index (χ4v) is 2.09. The van der Waals surface area contributed by atoms with Gasteiger partial charge in [-0.25, -0.2) is 0 Å². The van der Waals surface area contributed by atoms with Gasteiger partial charge in [0.15, 0.2) is 10.4 Å². The highest BCUT2D eigenvalue weighted by atomic mass is 79.9. The summed E-state index contributed by atoms with van der Waals surface area (Å²) >= 11 is 4.92. The van der Waals surface area contributed by atoms with E-state index in [0.717, 1.165) is 12.2 Å². The number of nitrogens with one attached hydrogen (secondary N) is 1. The van der Waals surface area contributed by atoms with Crippen LogP contribution in [0.2, 0.25) is 0 Å². The van der Waals surface area contributed by atoms with Crippen molar-refractivity contribution in [1.82, 2.24) is 5.32 Å². The normalized spacial score (nSPS) is 12.4. The van der Waals surface area contributed by atoms with Gasteiger partial charge in [0.2, 0.25) is 0 Å². The third-order valence-corrected chi connectivity index (χ3v) is 3.33. The average Bonchev–Trinajstić information content (AvgIpc) is 2.76. The van der Waals surface area contributed by atoms with E-state index in [-0.39, 0.29) is 12.0 Å². The van der Waals surface area contributed by atoms with Crippen LogP contribution in [0.3, 0.4) is 0 Å². The van der Waals surface area contributed by atoms with Gasteiger partial charge in [-0.15, -0.1) is 0 Å². The van der Waals surface area contributed by atoms with Gasteiger partial charge < -0.3 is 14.5 Å². The van der Waals surface area contributed by atoms with Crippen molar-refractivity contribution in [2.24, 2.45) is 0 Å². The van der Waals surface area contributed by atoms with Crippen LogP contribution >= 0.6 is 27.7 Å². The van der Waals surface area contributed by atoms with E-state index < -0.39 is 0 Å². The minimum absolute atomic E-state index is 0.0461. The van der Waals surface area contributed by atoms with Crippen molar-refractivity contribution in [1.29, 1.82) is 0 Å². The summed E-state index contributed by atoms with van der Waals surface area (Å²) in [5.74, 6) is 1.10. The lowest BCUT2D eigenvalue weighted by molar-refractivity contribution is 0.0799. The summed E-state index contributed by atoms with van der Waals surface area (Å²) < 4.78 is 11.0. The molecule has 0 radical (unpaired) electrons. The van der Waals surface area contributed by atoms with Crippen LogP contribution in [0, 0.1) is 0 Å². The maximum Gasteiger partial charge on any atom is 0.287 e. The van der Waals surface area contributed by atoms with Crippen LogP contribution in [0.1, 0.15) is 17.0 Å². The molecule has 0 saturated heterocycles. The summed E-state index contributed by atoms with van der Waals surface area (Å²) in [6, 6.07) is 3.32. The van der Waals surface area contributed by atoms with Gasteiger partial charge in [-0.1, -0.05) is 0 Å². The van der Waals surface area contributed by atoms with Crippen LogP contribution in [0.25, 0.3) is 0 Å². The number of halogens is 1. The second-order valence-corrected chi connectivity index (χ2v) is 5.22. The highest BCUT2D eigenvalue weighted by molar-refractivity contribution is 9.10. The minimum atomic E-state index is -0.220. The lowest BCUT2D eigenvalue weighted by atomic mass is 10.2. The predicted molar refractivity (Wildman–Crippen MR) is 72.5 cm³/mol. The quantitative estimate of drug-likeness (QED) is 0.838. The van der Waals surface area contributed by atoms with E-state index in [0.29, 0.717) is 17.0 Å². The van der Waals surface area contributed by atoms with E-state index in [9.17, 15) is 4.79 Å². The fraction of sp³-hybridized carbons (Fsp3) is 0.545. The first-order chi connectivity index (χ1) is 8.17. The smallest absolute Gasteiger partial charge is 0.287 e. The van der Waals surface area contributed by atoms with Crippen molar-refractivity contribution in [2.45, 2.75) is 12.5 Å².